The number of rotatable bonds is 7. The van der Waals surface area contributed by atoms with E-state index in [9.17, 15) is 0 Å². The number of hydrogen-bond donors (Lipinski definition) is 1. The molecule has 0 radical (unpaired) electrons. The Kier molecular flexibility index (Phi) is 7.12. The molecular formula is C14H22BrNOS. The SMILES string of the molecule is CCC(N)Cc1cc(Br)cc(C)c1OCCSC. The van der Waals surface area contributed by atoms with Crippen LogP contribution in [0, 0.1) is 6.92 Å². The summed E-state index contributed by atoms with van der Waals surface area (Å²) in [7, 11) is 0. The molecule has 1 rings (SSSR count). The van der Waals surface area contributed by atoms with Crippen molar-refractivity contribution in [2.75, 3.05) is 18.6 Å². The van der Waals surface area contributed by atoms with E-state index in [0.29, 0.717) is 0 Å². The molecule has 0 aliphatic rings. The molecule has 2 N–H and O–H groups in total. The first-order valence-electron chi connectivity index (χ1n) is 6.24. The molecule has 0 aliphatic heterocycles. The van der Waals surface area contributed by atoms with Crippen molar-refractivity contribution in [3.05, 3.63) is 27.7 Å². The van der Waals surface area contributed by atoms with Gasteiger partial charge >= 0.3 is 0 Å². The lowest BCUT2D eigenvalue weighted by atomic mass is 10.0. The number of ether oxygens (including phenoxy) is 1. The van der Waals surface area contributed by atoms with Gasteiger partial charge in [0.2, 0.25) is 0 Å². The summed E-state index contributed by atoms with van der Waals surface area (Å²) < 4.78 is 7.00. The summed E-state index contributed by atoms with van der Waals surface area (Å²) in [5.74, 6) is 2.02. The molecule has 102 valence electrons. The Labute approximate surface area is 123 Å². The average molecular weight is 332 g/mol. The van der Waals surface area contributed by atoms with E-state index >= 15 is 0 Å². The second kappa shape index (κ2) is 8.08. The second-order valence-corrected chi connectivity index (χ2v) is 6.33. The van der Waals surface area contributed by atoms with Gasteiger partial charge in [-0.3, -0.25) is 0 Å². The minimum atomic E-state index is 0.196. The number of halogens is 1. The van der Waals surface area contributed by atoms with Crippen LogP contribution in [0.1, 0.15) is 24.5 Å². The van der Waals surface area contributed by atoms with E-state index in [4.69, 9.17) is 10.5 Å². The molecule has 0 spiro atoms. The Balaban J connectivity index is 2.89. The number of hydrogen-bond acceptors (Lipinski definition) is 3. The zero-order valence-corrected chi connectivity index (χ0v) is 13.7. The highest BCUT2D eigenvalue weighted by molar-refractivity contribution is 9.10. The summed E-state index contributed by atoms with van der Waals surface area (Å²) in [6.07, 6.45) is 3.94. The highest BCUT2D eigenvalue weighted by Crippen LogP contribution is 2.29. The smallest absolute Gasteiger partial charge is 0.125 e. The summed E-state index contributed by atoms with van der Waals surface area (Å²) in [4.78, 5) is 0. The molecule has 0 amide bonds. The van der Waals surface area contributed by atoms with Gasteiger partial charge in [-0.2, -0.15) is 11.8 Å². The highest BCUT2D eigenvalue weighted by Gasteiger charge is 2.12. The number of nitrogens with two attached hydrogens (primary N) is 1. The van der Waals surface area contributed by atoms with Crippen molar-refractivity contribution in [2.45, 2.75) is 32.7 Å². The molecule has 0 saturated carbocycles. The van der Waals surface area contributed by atoms with Crippen LogP contribution in [0.3, 0.4) is 0 Å². The molecule has 18 heavy (non-hydrogen) atoms. The van der Waals surface area contributed by atoms with Crippen LogP contribution in [0.15, 0.2) is 16.6 Å². The molecule has 0 saturated heterocycles. The van der Waals surface area contributed by atoms with Gasteiger partial charge in [0.15, 0.2) is 0 Å². The van der Waals surface area contributed by atoms with Crippen LogP contribution in [0.5, 0.6) is 5.75 Å². The van der Waals surface area contributed by atoms with Gasteiger partial charge in [0.05, 0.1) is 6.61 Å². The molecule has 1 unspecified atom stereocenters. The van der Waals surface area contributed by atoms with Gasteiger partial charge in [-0.05, 0) is 49.3 Å². The Morgan fingerprint density at radius 3 is 2.78 bits per heavy atom. The molecule has 4 heteroatoms. The summed E-state index contributed by atoms with van der Waals surface area (Å²) in [5, 5.41) is 0. The van der Waals surface area contributed by atoms with Crippen LogP contribution in [-0.2, 0) is 6.42 Å². The van der Waals surface area contributed by atoms with E-state index in [2.05, 4.69) is 48.2 Å². The highest BCUT2D eigenvalue weighted by atomic mass is 79.9. The average Bonchev–Trinajstić information content (AvgIpc) is 2.32. The van der Waals surface area contributed by atoms with Crippen molar-refractivity contribution in [3.8, 4) is 5.75 Å². The fraction of sp³-hybridized carbons (Fsp3) is 0.571. The Morgan fingerprint density at radius 2 is 2.17 bits per heavy atom. The minimum absolute atomic E-state index is 0.196. The molecule has 1 atom stereocenters. The van der Waals surface area contributed by atoms with Crippen LogP contribution in [0.25, 0.3) is 0 Å². The molecular weight excluding hydrogens is 310 g/mol. The standard InChI is InChI=1S/C14H22BrNOS/c1-4-13(16)9-11-8-12(15)7-10(2)14(11)17-5-6-18-3/h7-8,13H,4-6,9,16H2,1-3H3. The van der Waals surface area contributed by atoms with E-state index in [0.717, 1.165) is 35.4 Å². The Hall–Kier alpha value is -0.190. The van der Waals surface area contributed by atoms with Crippen molar-refractivity contribution in [3.63, 3.8) is 0 Å². The summed E-state index contributed by atoms with van der Waals surface area (Å²) in [5.41, 5.74) is 8.43. The van der Waals surface area contributed by atoms with Gasteiger partial charge in [-0.15, -0.1) is 0 Å². The fourth-order valence-electron chi connectivity index (χ4n) is 1.81. The lowest BCUT2D eigenvalue weighted by Crippen LogP contribution is -2.22. The summed E-state index contributed by atoms with van der Waals surface area (Å²) in [6, 6.07) is 4.41. The van der Waals surface area contributed by atoms with Gasteiger partial charge in [-0.1, -0.05) is 22.9 Å². The molecule has 0 aliphatic carbocycles. The van der Waals surface area contributed by atoms with Gasteiger partial charge in [0.1, 0.15) is 5.75 Å². The normalized spacial score (nSPS) is 12.5. The van der Waals surface area contributed by atoms with Crippen LogP contribution < -0.4 is 10.5 Å². The van der Waals surface area contributed by atoms with Crippen molar-refractivity contribution >= 4 is 27.7 Å². The number of aryl methyl sites for hydroxylation is 1. The largest absolute Gasteiger partial charge is 0.492 e. The number of benzene rings is 1. The Bertz CT molecular complexity index is 384. The molecule has 1 aromatic carbocycles. The third kappa shape index (κ3) is 4.82. The fourth-order valence-corrected chi connectivity index (χ4v) is 2.68. The van der Waals surface area contributed by atoms with Crippen molar-refractivity contribution in [1.29, 1.82) is 0 Å². The predicted octanol–water partition coefficient (Wildman–Crippen LogP) is 3.78. The summed E-state index contributed by atoms with van der Waals surface area (Å²) in [6.45, 7) is 4.95. The van der Waals surface area contributed by atoms with Crippen LogP contribution in [0.4, 0.5) is 0 Å². The monoisotopic (exact) mass is 331 g/mol. The van der Waals surface area contributed by atoms with Gasteiger partial charge in [0.25, 0.3) is 0 Å². The predicted molar refractivity (Wildman–Crippen MR) is 84.7 cm³/mol. The van der Waals surface area contributed by atoms with E-state index in [1.165, 1.54) is 11.1 Å². The van der Waals surface area contributed by atoms with E-state index in [1.54, 1.807) is 11.8 Å². The van der Waals surface area contributed by atoms with Gasteiger partial charge in [-0.25, -0.2) is 0 Å². The van der Waals surface area contributed by atoms with Crippen molar-refractivity contribution in [1.82, 2.24) is 0 Å². The maximum Gasteiger partial charge on any atom is 0.125 e. The first kappa shape index (κ1) is 15.9. The zero-order valence-electron chi connectivity index (χ0n) is 11.3. The number of thioether (sulfide) groups is 1. The summed E-state index contributed by atoms with van der Waals surface area (Å²) >= 11 is 5.34. The van der Waals surface area contributed by atoms with Crippen LogP contribution in [-0.4, -0.2) is 24.7 Å². The van der Waals surface area contributed by atoms with Crippen molar-refractivity contribution < 1.29 is 4.74 Å². The first-order chi connectivity index (χ1) is 8.58. The van der Waals surface area contributed by atoms with Gasteiger partial charge in [0, 0.05) is 16.3 Å². The molecule has 0 bridgehead atoms. The first-order valence-corrected chi connectivity index (χ1v) is 8.43. The minimum Gasteiger partial charge on any atom is -0.492 e. The molecule has 0 aromatic heterocycles. The quantitative estimate of drug-likeness (QED) is 0.772. The van der Waals surface area contributed by atoms with Crippen LogP contribution >= 0.6 is 27.7 Å². The maximum absolute atomic E-state index is 6.05. The second-order valence-electron chi connectivity index (χ2n) is 4.42. The van der Waals surface area contributed by atoms with Crippen LogP contribution in [0.2, 0.25) is 0 Å². The third-order valence-electron chi connectivity index (χ3n) is 2.86. The lowest BCUT2D eigenvalue weighted by Gasteiger charge is -2.17. The molecule has 1 aromatic rings. The lowest BCUT2D eigenvalue weighted by molar-refractivity contribution is 0.336. The molecule has 0 fully saturated rings. The molecule has 0 heterocycles. The van der Waals surface area contributed by atoms with E-state index in [-0.39, 0.29) is 6.04 Å². The molecule has 2 nitrogen and oxygen atoms in total. The van der Waals surface area contributed by atoms with E-state index < -0.39 is 0 Å². The van der Waals surface area contributed by atoms with E-state index in [1.807, 2.05) is 0 Å². The maximum atomic E-state index is 6.05. The van der Waals surface area contributed by atoms with Gasteiger partial charge < -0.3 is 10.5 Å². The van der Waals surface area contributed by atoms with Crippen molar-refractivity contribution in [2.24, 2.45) is 5.73 Å². The zero-order chi connectivity index (χ0) is 13.5. The Morgan fingerprint density at radius 1 is 1.44 bits per heavy atom. The topological polar surface area (TPSA) is 35.2 Å². The third-order valence-corrected chi connectivity index (χ3v) is 3.89.